The van der Waals surface area contributed by atoms with Gasteiger partial charge in [-0.1, -0.05) is 17.7 Å². The SMILES string of the molecule is CCOC(=O)C(F)(F)[C@@H](N)c1ccc(Cl)cc1C(F)(F)F.Cl. The monoisotopic (exact) mass is 367 g/mol. The van der Waals surface area contributed by atoms with Crippen LogP contribution in [0.25, 0.3) is 0 Å². The van der Waals surface area contributed by atoms with Gasteiger partial charge in [-0.05, 0) is 24.6 Å². The normalized spacial score (nSPS) is 13.3. The Hall–Kier alpha value is -1.12. The van der Waals surface area contributed by atoms with Crippen LogP contribution in [0.15, 0.2) is 18.2 Å². The molecule has 2 N–H and O–H groups in total. The van der Waals surface area contributed by atoms with Crippen molar-refractivity contribution in [3.8, 4) is 0 Å². The third-order valence-electron chi connectivity index (χ3n) is 2.59. The lowest BCUT2D eigenvalue weighted by molar-refractivity contribution is -0.175. The number of benzene rings is 1. The summed E-state index contributed by atoms with van der Waals surface area (Å²) >= 11 is 5.43. The summed E-state index contributed by atoms with van der Waals surface area (Å²) in [5.41, 5.74) is 2.79. The minimum atomic E-state index is -4.94. The molecule has 0 fully saturated rings. The van der Waals surface area contributed by atoms with Gasteiger partial charge in [0, 0.05) is 5.02 Å². The summed E-state index contributed by atoms with van der Waals surface area (Å²) < 4.78 is 70.2. The predicted molar refractivity (Wildman–Crippen MR) is 72.2 cm³/mol. The van der Waals surface area contributed by atoms with Gasteiger partial charge in [-0.2, -0.15) is 22.0 Å². The third-order valence-corrected chi connectivity index (χ3v) is 2.83. The molecule has 1 rings (SSSR count). The number of carbonyl (C=O) groups excluding carboxylic acids is 1. The van der Waals surface area contributed by atoms with Gasteiger partial charge in [0.2, 0.25) is 0 Å². The zero-order valence-corrected chi connectivity index (χ0v) is 12.7. The van der Waals surface area contributed by atoms with E-state index in [-0.39, 0.29) is 24.0 Å². The number of rotatable bonds is 4. The average Bonchev–Trinajstić information content (AvgIpc) is 2.37. The molecule has 0 radical (unpaired) electrons. The fraction of sp³-hybridized carbons (Fsp3) is 0.417. The maximum Gasteiger partial charge on any atom is 0.416 e. The zero-order valence-electron chi connectivity index (χ0n) is 11.1. The van der Waals surface area contributed by atoms with E-state index in [0.29, 0.717) is 12.1 Å². The van der Waals surface area contributed by atoms with E-state index < -0.39 is 35.2 Å². The number of halogens is 7. The minimum absolute atomic E-state index is 0. The quantitative estimate of drug-likeness (QED) is 0.646. The van der Waals surface area contributed by atoms with Crippen molar-refractivity contribution < 1.29 is 31.5 Å². The molecule has 0 heterocycles. The van der Waals surface area contributed by atoms with Crippen molar-refractivity contribution in [3.63, 3.8) is 0 Å². The first-order valence-corrected chi connectivity index (χ1v) is 6.06. The van der Waals surface area contributed by atoms with Gasteiger partial charge < -0.3 is 10.5 Å². The van der Waals surface area contributed by atoms with Gasteiger partial charge in [0.25, 0.3) is 0 Å². The molecule has 1 aromatic rings. The second-order valence-electron chi connectivity index (χ2n) is 4.05. The van der Waals surface area contributed by atoms with E-state index in [4.69, 9.17) is 17.3 Å². The van der Waals surface area contributed by atoms with E-state index in [1.165, 1.54) is 6.92 Å². The average molecular weight is 368 g/mol. The number of ether oxygens (including phenoxy) is 1. The molecule has 22 heavy (non-hydrogen) atoms. The number of carbonyl (C=O) groups is 1. The highest BCUT2D eigenvalue weighted by atomic mass is 35.5. The van der Waals surface area contributed by atoms with Crippen LogP contribution in [-0.2, 0) is 15.7 Å². The second kappa shape index (κ2) is 7.43. The molecule has 0 bridgehead atoms. The molecule has 0 aliphatic carbocycles. The Kier molecular flexibility index (Phi) is 7.05. The molecule has 0 aromatic heterocycles. The third kappa shape index (κ3) is 4.44. The van der Waals surface area contributed by atoms with Crippen molar-refractivity contribution in [2.24, 2.45) is 5.73 Å². The molecule has 0 saturated carbocycles. The van der Waals surface area contributed by atoms with Crippen molar-refractivity contribution in [1.29, 1.82) is 0 Å². The minimum Gasteiger partial charge on any atom is -0.462 e. The Morgan fingerprint density at radius 2 is 1.86 bits per heavy atom. The largest absolute Gasteiger partial charge is 0.462 e. The second-order valence-corrected chi connectivity index (χ2v) is 4.49. The summed E-state index contributed by atoms with van der Waals surface area (Å²) in [6.45, 7) is 0.927. The lowest BCUT2D eigenvalue weighted by Gasteiger charge is -2.24. The molecular weight excluding hydrogens is 356 g/mol. The molecular formula is C12H12Cl2F5NO2. The van der Waals surface area contributed by atoms with Gasteiger partial charge in [0.05, 0.1) is 12.2 Å². The van der Waals surface area contributed by atoms with E-state index in [9.17, 15) is 26.7 Å². The highest BCUT2D eigenvalue weighted by Gasteiger charge is 2.50. The molecule has 0 saturated heterocycles. The van der Waals surface area contributed by atoms with Crippen molar-refractivity contribution >= 4 is 30.0 Å². The van der Waals surface area contributed by atoms with Crippen LogP contribution in [0.1, 0.15) is 24.1 Å². The fourth-order valence-corrected chi connectivity index (χ4v) is 1.77. The topological polar surface area (TPSA) is 52.3 Å². The molecule has 0 aliphatic rings. The summed E-state index contributed by atoms with van der Waals surface area (Å²) in [6, 6.07) is -0.348. The van der Waals surface area contributed by atoms with E-state index in [0.717, 1.165) is 6.07 Å². The molecule has 0 unspecified atom stereocenters. The van der Waals surface area contributed by atoms with Gasteiger partial charge >= 0.3 is 18.1 Å². The first-order chi connectivity index (χ1) is 9.51. The van der Waals surface area contributed by atoms with E-state index in [1.54, 1.807) is 0 Å². The molecule has 1 aromatic carbocycles. The van der Waals surface area contributed by atoms with Crippen molar-refractivity contribution in [3.05, 3.63) is 34.3 Å². The number of hydrogen-bond acceptors (Lipinski definition) is 3. The van der Waals surface area contributed by atoms with Crippen molar-refractivity contribution in [1.82, 2.24) is 0 Å². The van der Waals surface area contributed by atoms with Crippen LogP contribution in [0.4, 0.5) is 22.0 Å². The molecule has 0 amide bonds. The Labute approximate surface area is 134 Å². The summed E-state index contributed by atoms with van der Waals surface area (Å²) in [5.74, 6) is -6.29. The first-order valence-electron chi connectivity index (χ1n) is 5.69. The Bertz CT molecular complexity index is 537. The standard InChI is InChI=1S/C12H11ClF5NO2.ClH/c1-2-21-10(20)11(14,15)9(19)7-4-3-6(13)5-8(7)12(16,17)18;/h3-5,9H,2,19H2,1H3;1H/t9-;/m0./s1. The highest BCUT2D eigenvalue weighted by molar-refractivity contribution is 6.30. The van der Waals surface area contributed by atoms with Crippen LogP contribution in [0.3, 0.4) is 0 Å². The van der Waals surface area contributed by atoms with Gasteiger partial charge in [-0.3, -0.25) is 0 Å². The molecule has 0 aliphatic heterocycles. The Morgan fingerprint density at radius 3 is 2.32 bits per heavy atom. The summed E-state index contributed by atoms with van der Waals surface area (Å²) in [5, 5.41) is -0.294. The highest BCUT2D eigenvalue weighted by Crippen LogP contribution is 2.40. The van der Waals surface area contributed by atoms with E-state index >= 15 is 0 Å². The first kappa shape index (κ1) is 20.9. The van der Waals surface area contributed by atoms with Crippen LogP contribution in [0, 0.1) is 0 Å². The molecule has 3 nitrogen and oxygen atoms in total. The molecule has 126 valence electrons. The number of alkyl halides is 5. The van der Waals surface area contributed by atoms with Crippen molar-refractivity contribution in [2.45, 2.75) is 25.1 Å². The van der Waals surface area contributed by atoms with Crippen LogP contribution in [-0.4, -0.2) is 18.5 Å². The summed E-state index contributed by atoms with van der Waals surface area (Å²) in [7, 11) is 0. The van der Waals surface area contributed by atoms with Crippen LogP contribution in [0.5, 0.6) is 0 Å². The molecule has 10 heteroatoms. The number of esters is 1. The van der Waals surface area contributed by atoms with Crippen LogP contribution < -0.4 is 5.73 Å². The Balaban J connectivity index is 0.00000441. The maximum absolute atomic E-state index is 13.8. The molecule has 1 atom stereocenters. The smallest absolute Gasteiger partial charge is 0.416 e. The van der Waals surface area contributed by atoms with Gasteiger partial charge in [-0.25, -0.2) is 4.79 Å². The fourth-order valence-electron chi connectivity index (χ4n) is 1.59. The van der Waals surface area contributed by atoms with Crippen LogP contribution in [0.2, 0.25) is 5.02 Å². The summed E-state index contributed by atoms with van der Waals surface area (Å²) in [6.07, 6.45) is -4.94. The maximum atomic E-state index is 13.8. The molecule has 0 spiro atoms. The number of hydrogen-bond donors (Lipinski definition) is 1. The number of nitrogens with two attached hydrogens (primary N) is 1. The lowest BCUT2D eigenvalue weighted by atomic mass is 9.96. The van der Waals surface area contributed by atoms with E-state index in [1.807, 2.05) is 0 Å². The zero-order chi connectivity index (χ0) is 16.4. The van der Waals surface area contributed by atoms with Crippen molar-refractivity contribution in [2.75, 3.05) is 6.61 Å². The lowest BCUT2D eigenvalue weighted by Crippen LogP contribution is -2.42. The van der Waals surface area contributed by atoms with Gasteiger partial charge in [0.15, 0.2) is 0 Å². The van der Waals surface area contributed by atoms with Gasteiger partial charge in [0.1, 0.15) is 6.04 Å². The van der Waals surface area contributed by atoms with Crippen LogP contribution >= 0.6 is 24.0 Å². The Morgan fingerprint density at radius 1 is 1.32 bits per heavy atom. The summed E-state index contributed by atoms with van der Waals surface area (Å²) in [4.78, 5) is 11.1. The van der Waals surface area contributed by atoms with Gasteiger partial charge in [-0.15, -0.1) is 12.4 Å². The predicted octanol–water partition coefficient (Wildman–Crippen LogP) is 3.98. The van der Waals surface area contributed by atoms with E-state index in [2.05, 4.69) is 4.74 Å².